The van der Waals surface area contributed by atoms with Crippen LogP contribution in [0.25, 0.3) is 0 Å². The van der Waals surface area contributed by atoms with Crippen LogP contribution in [0.5, 0.6) is 0 Å². The molecule has 0 aliphatic carbocycles. The van der Waals surface area contributed by atoms with Crippen LogP contribution in [0.3, 0.4) is 0 Å². The van der Waals surface area contributed by atoms with Gasteiger partial charge >= 0.3 is 0 Å². The van der Waals surface area contributed by atoms with Gasteiger partial charge in [0.15, 0.2) is 0 Å². The predicted molar refractivity (Wildman–Crippen MR) is 80.2 cm³/mol. The molecule has 0 aliphatic rings. The van der Waals surface area contributed by atoms with Crippen molar-refractivity contribution in [1.29, 1.82) is 5.26 Å². The van der Waals surface area contributed by atoms with Gasteiger partial charge < -0.3 is 16.4 Å². The number of rotatable bonds is 7. The van der Waals surface area contributed by atoms with Crippen LogP contribution in [0.1, 0.15) is 30.1 Å². The molecule has 0 fully saturated rings. The minimum atomic E-state index is -0.177. The first-order valence-electron chi connectivity index (χ1n) is 6.80. The molecule has 2 amide bonds. The van der Waals surface area contributed by atoms with E-state index in [1.54, 1.807) is 24.3 Å². The Morgan fingerprint density at radius 1 is 1.38 bits per heavy atom. The van der Waals surface area contributed by atoms with Gasteiger partial charge in [0.1, 0.15) is 6.54 Å². The number of nitrogens with two attached hydrogens (primary N) is 1. The Morgan fingerprint density at radius 3 is 2.81 bits per heavy atom. The monoisotopic (exact) mass is 288 g/mol. The summed E-state index contributed by atoms with van der Waals surface area (Å²) in [6, 6.07) is 8.62. The Hall–Kier alpha value is -2.55. The molecule has 1 rings (SSSR count). The normalized spacial score (nSPS) is 11.2. The van der Waals surface area contributed by atoms with Crippen molar-refractivity contribution < 1.29 is 9.59 Å². The molecule has 1 unspecified atom stereocenters. The standard InChI is InChI=1S/C15H20N4O2/c1-11(9-14(20)18-8-6-16)5-7-19-15(21)12-3-2-4-13(17)10-12/h2-4,10-11H,5,7-9,17H2,1H3,(H,18,20)(H,19,21). The van der Waals surface area contributed by atoms with Crippen molar-refractivity contribution in [1.82, 2.24) is 10.6 Å². The van der Waals surface area contributed by atoms with Crippen molar-refractivity contribution in [2.75, 3.05) is 18.8 Å². The van der Waals surface area contributed by atoms with Crippen LogP contribution in [-0.2, 0) is 4.79 Å². The first kappa shape index (κ1) is 16.5. The summed E-state index contributed by atoms with van der Waals surface area (Å²) in [6.45, 7) is 2.44. The highest BCUT2D eigenvalue weighted by molar-refractivity contribution is 5.94. The maximum absolute atomic E-state index is 11.9. The van der Waals surface area contributed by atoms with E-state index in [4.69, 9.17) is 11.0 Å². The topological polar surface area (TPSA) is 108 Å². The van der Waals surface area contributed by atoms with Gasteiger partial charge in [0.25, 0.3) is 5.91 Å². The molecule has 21 heavy (non-hydrogen) atoms. The van der Waals surface area contributed by atoms with Gasteiger partial charge in [0, 0.05) is 24.2 Å². The number of anilines is 1. The summed E-state index contributed by atoms with van der Waals surface area (Å²) in [5.41, 5.74) is 6.69. The average molecular weight is 288 g/mol. The van der Waals surface area contributed by atoms with Crippen molar-refractivity contribution in [2.45, 2.75) is 19.8 Å². The summed E-state index contributed by atoms with van der Waals surface area (Å²) >= 11 is 0. The largest absolute Gasteiger partial charge is 0.399 e. The number of carbonyl (C=O) groups is 2. The first-order valence-corrected chi connectivity index (χ1v) is 6.80. The molecule has 0 spiro atoms. The fourth-order valence-corrected chi connectivity index (χ4v) is 1.84. The minimum absolute atomic E-state index is 0.0255. The number of nitrogen functional groups attached to an aromatic ring is 1. The Kier molecular flexibility index (Phi) is 6.75. The number of benzene rings is 1. The van der Waals surface area contributed by atoms with Crippen LogP contribution in [-0.4, -0.2) is 24.9 Å². The van der Waals surface area contributed by atoms with Gasteiger partial charge in [-0.3, -0.25) is 9.59 Å². The van der Waals surface area contributed by atoms with Crippen molar-refractivity contribution >= 4 is 17.5 Å². The van der Waals surface area contributed by atoms with E-state index in [9.17, 15) is 9.59 Å². The molecule has 6 nitrogen and oxygen atoms in total. The molecule has 0 aromatic heterocycles. The van der Waals surface area contributed by atoms with E-state index < -0.39 is 0 Å². The van der Waals surface area contributed by atoms with Crippen molar-refractivity contribution in [3.05, 3.63) is 29.8 Å². The fraction of sp³-hybridized carbons (Fsp3) is 0.400. The SMILES string of the molecule is CC(CCNC(=O)c1cccc(N)c1)CC(=O)NCC#N. The van der Waals surface area contributed by atoms with Crippen molar-refractivity contribution in [2.24, 2.45) is 5.92 Å². The number of hydrogen-bond acceptors (Lipinski definition) is 4. The van der Waals surface area contributed by atoms with Gasteiger partial charge in [-0.25, -0.2) is 0 Å². The predicted octanol–water partition coefficient (Wildman–Crippen LogP) is 1.05. The number of nitrogens with zero attached hydrogens (tertiary/aromatic N) is 1. The van der Waals surface area contributed by atoms with E-state index in [1.165, 1.54) is 0 Å². The average Bonchev–Trinajstić information content (AvgIpc) is 2.45. The van der Waals surface area contributed by atoms with Crippen LogP contribution in [0.2, 0.25) is 0 Å². The Labute approximate surface area is 124 Å². The van der Waals surface area contributed by atoms with Crippen LogP contribution >= 0.6 is 0 Å². The molecule has 0 heterocycles. The third-order valence-electron chi connectivity index (χ3n) is 2.97. The molecule has 0 aliphatic heterocycles. The summed E-state index contributed by atoms with van der Waals surface area (Å²) in [5, 5.41) is 13.6. The van der Waals surface area contributed by atoms with Crippen LogP contribution in [0.4, 0.5) is 5.69 Å². The van der Waals surface area contributed by atoms with E-state index >= 15 is 0 Å². The molecular weight excluding hydrogens is 268 g/mol. The van der Waals surface area contributed by atoms with E-state index in [-0.39, 0.29) is 24.3 Å². The van der Waals surface area contributed by atoms with Gasteiger partial charge in [-0.1, -0.05) is 13.0 Å². The molecule has 1 aromatic carbocycles. The fourth-order valence-electron chi connectivity index (χ4n) is 1.84. The summed E-state index contributed by atoms with van der Waals surface area (Å²) < 4.78 is 0. The van der Waals surface area contributed by atoms with Crippen molar-refractivity contribution in [3.8, 4) is 6.07 Å². The number of nitrogens with one attached hydrogen (secondary N) is 2. The lowest BCUT2D eigenvalue weighted by Crippen LogP contribution is -2.28. The van der Waals surface area contributed by atoms with E-state index in [2.05, 4.69) is 10.6 Å². The molecule has 6 heteroatoms. The summed E-state index contributed by atoms with van der Waals surface area (Å²) in [7, 11) is 0. The van der Waals surface area contributed by atoms with E-state index in [0.29, 0.717) is 30.6 Å². The molecule has 0 saturated carbocycles. The highest BCUT2D eigenvalue weighted by atomic mass is 16.2. The lowest BCUT2D eigenvalue weighted by molar-refractivity contribution is -0.121. The molecule has 0 saturated heterocycles. The summed E-state index contributed by atoms with van der Waals surface area (Å²) in [4.78, 5) is 23.3. The van der Waals surface area contributed by atoms with E-state index in [0.717, 1.165) is 0 Å². The maximum atomic E-state index is 11.9. The zero-order valence-corrected chi connectivity index (χ0v) is 12.1. The molecular formula is C15H20N4O2. The maximum Gasteiger partial charge on any atom is 0.251 e. The van der Waals surface area contributed by atoms with Crippen molar-refractivity contribution in [3.63, 3.8) is 0 Å². The summed E-state index contributed by atoms with van der Waals surface area (Å²) in [5.74, 6) is -0.195. The third kappa shape index (κ3) is 6.43. The van der Waals surface area contributed by atoms with Crippen LogP contribution in [0, 0.1) is 17.2 Å². The van der Waals surface area contributed by atoms with Gasteiger partial charge in [0.05, 0.1) is 6.07 Å². The molecule has 1 atom stereocenters. The van der Waals surface area contributed by atoms with Crippen LogP contribution < -0.4 is 16.4 Å². The Bertz CT molecular complexity index is 537. The second-order valence-corrected chi connectivity index (χ2v) is 4.91. The lowest BCUT2D eigenvalue weighted by atomic mass is 10.0. The highest BCUT2D eigenvalue weighted by Gasteiger charge is 2.10. The third-order valence-corrected chi connectivity index (χ3v) is 2.97. The quantitative estimate of drug-likeness (QED) is 0.515. The molecule has 0 bridgehead atoms. The zero-order chi connectivity index (χ0) is 15.7. The number of amides is 2. The van der Waals surface area contributed by atoms with E-state index in [1.807, 2.05) is 13.0 Å². The Balaban J connectivity index is 2.28. The molecule has 112 valence electrons. The number of carbonyl (C=O) groups excluding carboxylic acids is 2. The van der Waals surface area contributed by atoms with Gasteiger partial charge in [0.2, 0.25) is 5.91 Å². The lowest BCUT2D eigenvalue weighted by Gasteiger charge is -2.11. The first-order chi connectivity index (χ1) is 10.0. The van der Waals surface area contributed by atoms with Gasteiger partial charge in [-0.05, 0) is 30.5 Å². The minimum Gasteiger partial charge on any atom is -0.399 e. The van der Waals surface area contributed by atoms with Gasteiger partial charge in [-0.15, -0.1) is 0 Å². The Morgan fingerprint density at radius 2 is 2.14 bits per heavy atom. The van der Waals surface area contributed by atoms with Crippen LogP contribution in [0.15, 0.2) is 24.3 Å². The second-order valence-electron chi connectivity index (χ2n) is 4.91. The highest BCUT2D eigenvalue weighted by Crippen LogP contribution is 2.08. The number of hydrogen-bond donors (Lipinski definition) is 3. The molecule has 4 N–H and O–H groups in total. The second kappa shape index (κ2) is 8.59. The smallest absolute Gasteiger partial charge is 0.251 e. The number of nitriles is 1. The van der Waals surface area contributed by atoms with Gasteiger partial charge in [-0.2, -0.15) is 5.26 Å². The molecule has 1 aromatic rings. The molecule has 0 radical (unpaired) electrons. The summed E-state index contributed by atoms with van der Waals surface area (Å²) in [6.07, 6.45) is 1.03. The zero-order valence-electron chi connectivity index (χ0n) is 12.1.